The predicted octanol–water partition coefficient (Wildman–Crippen LogP) is 2.58. The number of guanidine groups is 1. The number of aliphatic imine (C=N–C) groups is 1. The minimum Gasteiger partial charge on any atom is -0.476 e. The minimum absolute atomic E-state index is 0. The first kappa shape index (κ1) is 22.8. The van der Waals surface area contributed by atoms with Gasteiger partial charge in [-0.1, -0.05) is 11.6 Å². The van der Waals surface area contributed by atoms with E-state index in [2.05, 4.69) is 20.2 Å². The van der Waals surface area contributed by atoms with Gasteiger partial charge in [-0.05, 0) is 25.8 Å². The van der Waals surface area contributed by atoms with Crippen molar-refractivity contribution in [2.75, 3.05) is 39.9 Å². The van der Waals surface area contributed by atoms with Crippen LogP contribution >= 0.6 is 35.6 Å². The summed E-state index contributed by atoms with van der Waals surface area (Å²) in [5.74, 6) is 1.07. The van der Waals surface area contributed by atoms with Crippen LogP contribution in [0.5, 0.6) is 5.88 Å². The summed E-state index contributed by atoms with van der Waals surface area (Å²) in [6.45, 7) is 4.76. The summed E-state index contributed by atoms with van der Waals surface area (Å²) in [7, 11) is 1.73. The van der Waals surface area contributed by atoms with E-state index < -0.39 is 0 Å². The summed E-state index contributed by atoms with van der Waals surface area (Å²) in [5, 5.41) is 3.83. The van der Waals surface area contributed by atoms with Crippen molar-refractivity contribution in [2.45, 2.75) is 19.8 Å². The van der Waals surface area contributed by atoms with Crippen LogP contribution in [0.15, 0.2) is 23.3 Å². The highest BCUT2D eigenvalue weighted by Crippen LogP contribution is 2.18. The number of aromatic nitrogens is 1. The van der Waals surface area contributed by atoms with Gasteiger partial charge in [0.05, 0.1) is 24.1 Å². The van der Waals surface area contributed by atoms with E-state index in [1.807, 2.05) is 6.92 Å². The molecule has 0 amide bonds. The standard InChI is InChI=1S/C17H25ClN4O3.HI/c1-3-24-16(23)13-5-4-9-22(12-13)17(19-2)20-8-10-25-15-7-6-14(18)11-21-15;/h6-7,11,13H,3-5,8-10,12H2,1-2H3,(H,19,20);1H/t13-;/m0./s1. The zero-order chi connectivity index (χ0) is 18.1. The number of rotatable bonds is 6. The van der Waals surface area contributed by atoms with Crippen molar-refractivity contribution >= 4 is 47.5 Å². The smallest absolute Gasteiger partial charge is 0.310 e. The number of ether oxygens (including phenoxy) is 2. The fraction of sp³-hybridized carbons (Fsp3) is 0.588. The quantitative estimate of drug-likeness (QED) is 0.215. The van der Waals surface area contributed by atoms with Gasteiger partial charge in [-0.15, -0.1) is 24.0 Å². The monoisotopic (exact) mass is 496 g/mol. The van der Waals surface area contributed by atoms with Crippen LogP contribution in [-0.4, -0.2) is 61.7 Å². The van der Waals surface area contributed by atoms with Gasteiger partial charge in [-0.2, -0.15) is 0 Å². The maximum Gasteiger partial charge on any atom is 0.310 e. The van der Waals surface area contributed by atoms with Gasteiger partial charge < -0.3 is 19.7 Å². The first-order chi connectivity index (χ1) is 12.1. The summed E-state index contributed by atoms with van der Waals surface area (Å²) in [6, 6.07) is 3.46. The second-order valence-electron chi connectivity index (χ2n) is 5.67. The van der Waals surface area contributed by atoms with Gasteiger partial charge in [-0.25, -0.2) is 4.98 Å². The molecule has 2 rings (SSSR count). The molecule has 7 nitrogen and oxygen atoms in total. The SMILES string of the molecule is CCOC(=O)[C@H]1CCCN(C(=NC)NCCOc2ccc(Cl)cn2)C1.I. The molecule has 0 radical (unpaired) electrons. The van der Waals surface area contributed by atoms with Crippen LogP contribution in [0, 0.1) is 5.92 Å². The second-order valence-corrected chi connectivity index (χ2v) is 6.11. The Morgan fingerprint density at radius 1 is 1.50 bits per heavy atom. The van der Waals surface area contributed by atoms with Gasteiger partial charge >= 0.3 is 5.97 Å². The highest BCUT2D eigenvalue weighted by atomic mass is 127. The number of halogens is 2. The molecule has 0 saturated carbocycles. The number of hydrogen-bond acceptors (Lipinski definition) is 5. The van der Waals surface area contributed by atoms with Gasteiger partial charge in [0.25, 0.3) is 0 Å². The van der Waals surface area contributed by atoms with E-state index in [0.717, 1.165) is 25.3 Å². The molecule has 9 heteroatoms. The summed E-state index contributed by atoms with van der Waals surface area (Å²) in [5.41, 5.74) is 0. The number of nitrogens with zero attached hydrogens (tertiary/aromatic N) is 3. The van der Waals surface area contributed by atoms with Crippen molar-refractivity contribution in [1.82, 2.24) is 15.2 Å². The lowest BCUT2D eigenvalue weighted by Gasteiger charge is -2.33. The van der Waals surface area contributed by atoms with Gasteiger partial charge in [0.2, 0.25) is 5.88 Å². The van der Waals surface area contributed by atoms with Crippen molar-refractivity contribution in [1.29, 1.82) is 0 Å². The van der Waals surface area contributed by atoms with E-state index >= 15 is 0 Å². The molecule has 1 aliphatic heterocycles. The number of esters is 1. The number of pyridine rings is 1. The molecule has 2 heterocycles. The Balaban J connectivity index is 0.00000338. The van der Waals surface area contributed by atoms with Crippen LogP contribution in [0.2, 0.25) is 5.02 Å². The van der Waals surface area contributed by atoms with Crippen LogP contribution in [-0.2, 0) is 9.53 Å². The summed E-state index contributed by atoms with van der Waals surface area (Å²) < 4.78 is 10.7. The molecule has 0 aliphatic carbocycles. The zero-order valence-corrected chi connectivity index (χ0v) is 18.2. The molecule has 1 saturated heterocycles. The van der Waals surface area contributed by atoms with Crippen molar-refractivity contribution in [3.05, 3.63) is 23.4 Å². The Morgan fingerprint density at radius 2 is 2.31 bits per heavy atom. The molecule has 1 aromatic rings. The second kappa shape index (κ2) is 12.2. The molecule has 1 atom stereocenters. The van der Waals surface area contributed by atoms with E-state index in [4.69, 9.17) is 21.1 Å². The van der Waals surface area contributed by atoms with Gasteiger partial charge in [0, 0.05) is 32.4 Å². The van der Waals surface area contributed by atoms with Crippen LogP contribution in [0.4, 0.5) is 0 Å². The molecule has 1 fully saturated rings. The maximum absolute atomic E-state index is 12.0. The molecule has 0 spiro atoms. The van der Waals surface area contributed by atoms with Crippen LogP contribution in [0.3, 0.4) is 0 Å². The highest BCUT2D eigenvalue weighted by Gasteiger charge is 2.28. The highest BCUT2D eigenvalue weighted by molar-refractivity contribution is 14.0. The zero-order valence-electron chi connectivity index (χ0n) is 15.1. The molecule has 0 unspecified atom stereocenters. The number of hydrogen-bond donors (Lipinski definition) is 1. The molecule has 1 N–H and O–H groups in total. The third-order valence-electron chi connectivity index (χ3n) is 3.89. The van der Waals surface area contributed by atoms with Crippen molar-refractivity contribution in [3.8, 4) is 5.88 Å². The number of nitrogens with one attached hydrogen (secondary N) is 1. The minimum atomic E-state index is -0.125. The van der Waals surface area contributed by atoms with Gasteiger partial charge in [0.15, 0.2) is 5.96 Å². The van der Waals surface area contributed by atoms with Crippen LogP contribution in [0.1, 0.15) is 19.8 Å². The third kappa shape index (κ3) is 7.14. The molecule has 0 aromatic carbocycles. The summed E-state index contributed by atoms with van der Waals surface area (Å²) in [6.07, 6.45) is 3.35. The Morgan fingerprint density at radius 3 is 2.96 bits per heavy atom. The molecular weight excluding hydrogens is 471 g/mol. The van der Waals surface area contributed by atoms with Gasteiger partial charge in [-0.3, -0.25) is 9.79 Å². The van der Waals surface area contributed by atoms with Crippen LogP contribution < -0.4 is 10.1 Å². The molecule has 0 bridgehead atoms. The van der Waals surface area contributed by atoms with E-state index in [9.17, 15) is 4.79 Å². The summed E-state index contributed by atoms with van der Waals surface area (Å²) >= 11 is 5.79. The number of piperidine rings is 1. The molecule has 146 valence electrons. The lowest BCUT2D eigenvalue weighted by molar-refractivity contribution is -0.149. The number of likely N-dealkylation sites (tertiary alicyclic amines) is 1. The van der Waals surface area contributed by atoms with Crippen molar-refractivity contribution in [2.24, 2.45) is 10.9 Å². The van der Waals surface area contributed by atoms with Crippen molar-refractivity contribution in [3.63, 3.8) is 0 Å². The van der Waals surface area contributed by atoms with E-state index in [1.54, 1.807) is 25.4 Å². The summed E-state index contributed by atoms with van der Waals surface area (Å²) in [4.78, 5) is 22.4. The van der Waals surface area contributed by atoms with E-state index in [-0.39, 0.29) is 35.9 Å². The lowest BCUT2D eigenvalue weighted by Crippen LogP contribution is -2.49. The fourth-order valence-corrected chi connectivity index (χ4v) is 2.83. The lowest BCUT2D eigenvalue weighted by atomic mass is 9.98. The first-order valence-corrected chi connectivity index (χ1v) is 8.88. The van der Waals surface area contributed by atoms with Crippen LogP contribution in [0.25, 0.3) is 0 Å². The molecule has 1 aromatic heterocycles. The normalized spacial score (nSPS) is 17.3. The van der Waals surface area contributed by atoms with Crippen molar-refractivity contribution < 1.29 is 14.3 Å². The van der Waals surface area contributed by atoms with Gasteiger partial charge in [0.1, 0.15) is 6.61 Å². The van der Waals surface area contributed by atoms with E-state index in [1.165, 1.54) is 0 Å². The Labute approximate surface area is 176 Å². The number of carbonyl (C=O) groups is 1. The third-order valence-corrected chi connectivity index (χ3v) is 4.11. The average molecular weight is 497 g/mol. The fourth-order valence-electron chi connectivity index (χ4n) is 2.72. The van der Waals surface area contributed by atoms with E-state index in [0.29, 0.717) is 37.2 Å². The molecule has 26 heavy (non-hydrogen) atoms. The Kier molecular flexibility index (Phi) is 10.6. The topological polar surface area (TPSA) is 76.0 Å². The number of carbonyl (C=O) groups excluding carboxylic acids is 1. The Bertz CT molecular complexity index is 586. The Hall–Kier alpha value is -1.29. The molecule has 1 aliphatic rings. The average Bonchev–Trinajstić information content (AvgIpc) is 2.63. The largest absolute Gasteiger partial charge is 0.476 e. The maximum atomic E-state index is 12.0. The predicted molar refractivity (Wildman–Crippen MR) is 112 cm³/mol. The molecular formula is C17H26ClIN4O3. The first-order valence-electron chi connectivity index (χ1n) is 8.50.